The Morgan fingerprint density at radius 3 is 2.22 bits per heavy atom. The molecule has 0 saturated carbocycles. The highest BCUT2D eigenvalue weighted by atomic mass is 19.1. The SMILES string of the molecule is CCCCN(CCCC)c1cc(F)cc(C=O)c1. The molecule has 0 radical (unpaired) electrons. The minimum atomic E-state index is -0.340. The number of carbonyl (C=O) groups is 1. The van der Waals surface area contributed by atoms with E-state index in [4.69, 9.17) is 0 Å². The monoisotopic (exact) mass is 251 g/mol. The van der Waals surface area contributed by atoms with E-state index in [0.717, 1.165) is 44.5 Å². The van der Waals surface area contributed by atoms with Crippen LogP contribution in [0.4, 0.5) is 10.1 Å². The molecule has 0 heterocycles. The summed E-state index contributed by atoms with van der Waals surface area (Å²) in [6.07, 6.45) is 5.08. The highest BCUT2D eigenvalue weighted by molar-refractivity contribution is 5.77. The van der Waals surface area contributed by atoms with Gasteiger partial charge in [-0.25, -0.2) is 4.39 Å². The van der Waals surface area contributed by atoms with Gasteiger partial charge >= 0.3 is 0 Å². The van der Waals surface area contributed by atoms with Crippen molar-refractivity contribution in [2.24, 2.45) is 0 Å². The molecule has 18 heavy (non-hydrogen) atoms. The molecule has 0 aromatic heterocycles. The standard InChI is InChI=1S/C15H22FNO/c1-3-5-7-17(8-6-4-2)15-10-13(12-18)9-14(16)11-15/h9-12H,3-8H2,1-2H3. The summed E-state index contributed by atoms with van der Waals surface area (Å²) < 4.78 is 13.4. The number of nitrogens with zero attached hydrogens (tertiary/aromatic N) is 1. The van der Waals surface area contributed by atoms with Gasteiger partial charge in [-0.3, -0.25) is 4.79 Å². The van der Waals surface area contributed by atoms with Gasteiger partial charge in [-0.05, 0) is 31.0 Å². The fourth-order valence-corrected chi connectivity index (χ4v) is 1.91. The van der Waals surface area contributed by atoms with Crippen LogP contribution in [0.2, 0.25) is 0 Å². The van der Waals surface area contributed by atoms with E-state index < -0.39 is 0 Å². The van der Waals surface area contributed by atoms with Crippen molar-refractivity contribution in [2.75, 3.05) is 18.0 Å². The lowest BCUT2D eigenvalue weighted by molar-refractivity contribution is 0.112. The first kappa shape index (κ1) is 14.7. The first-order chi connectivity index (χ1) is 8.71. The van der Waals surface area contributed by atoms with Crippen molar-refractivity contribution in [2.45, 2.75) is 39.5 Å². The number of rotatable bonds is 8. The average Bonchev–Trinajstić information content (AvgIpc) is 2.38. The van der Waals surface area contributed by atoms with Crippen LogP contribution >= 0.6 is 0 Å². The second-order valence-electron chi connectivity index (χ2n) is 4.55. The zero-order valence-corrected chi connectivity index (χ0v) is 11.3. The van der Waals surface area contributed by atoms with Crippen molar-refractivity contribution in [1.29, 1.82) is 0 Å². The molecule has 1 aromatic carbocycles. The summed E-state index contributed by atoms with van der Waals surface area (Å²) in [5.74, 6) is -0.340. The number of carbonyl (C=O) groups excluding carboxylic acids is 1. The summed E-state index contributed by atoms with van der Waals surface area (Å²) >= 11 is 0. The minimum absolute atomic E-state index is 0.340. The lowest BCUT2D eigenvalue weighted by atomic mass is 10.1. The fourth-order valence-electron chi connectivity index (χ4n) is 1.91. The maximum atomic E-state index is 13.4. The second kappa shape index (κ2) is 7.85. The maximum Gasteiger partial charge on any atom is 0.150 e. The number of benzene rings is 1. The Morgan fingerprint density at radius 2 is 1.72 bits per heavy atom. The Balaban J connectivity index is 2.87. The lowest BCUT2D eigenvalue weighted by Gasteiger charge is -2.25. The molecule has 0 spiro atoms. The Morgan fingerprint density at radius 1 is 1.11 bits per heavy atom. The summed E-state index contributed by atoms with van der Waals surface area (Å²) in [6.45, 7) is 6.11. The quantitative estimate of drug-likeness (QED) is 0.650. The molecule has 0 aliphatic rings. The molecular weight excluding hydrogens is 229 g/mol. The van der Waals surface area contributed by atoms with Crippen molar-refractivity contribution in [3.63, 3.8) is 0 Å². The first-order valence-electron chi connectivity index (χ1n) is 6.72. The second-order valence-corrected chi connectivity index (χ2v) is 4.55. The van der Waals surface area contributed by atoms with Gasteiger partial charge in [0.05, 0.1) is 0 Å². The van der Waals surface area contributed by atoms with Crippen molar-refractivity contribution in [1.82, 2.24) is 0 Å². The number of anilines is 1. The van der Waals surface area contributed by atoms with Gasteiger partial charge in [0.15, 0.2) is 0 Å². The molecular formula is C15H22FNO. The highest BCUT2D eigenvalue weighted by Crippen LogP contribution is 2.19. The van der Waals surface area contributed by atoms with Crippen LogP contribution in [0.25, 0.3) is 0 Å². The number of unbranched alkanes of at least 4 members (excludes halogenated alkanes) is 2. The predicted octanol–water partition coefficient (Wildman–Crippen LogP) is 4.04. The molecule has 100 valence electrons. The molecule has 0 N–H and O–H groups in total. The number of aldehydes is 1. The smallest absolute Gasteiger partial charge is 0.150 e. The molecule has 1 aromatic rings. The Hall–Kier alpha value is -1.38. The van der Waals surface area contributed by atoms with Gasteiger partial charge < -0.3 is 4.90 Å². The molecule has 0 unspecified atom stereocenters. The Labute approximate surface area is 109 Å². The zero-order valence-electron chi connectivity index (χ0n) is 11.3. The van der Waals surface area contributed by atoms with Gasteiger partial charge in [-0.15, -0.1) is 0 Å². The van der Waals surface area contributed by atoms with Crippen LogP contribution in [0.5, 0.6) is 0 Å². The third kappa shape index (κ3) is 4.47. The van der Waals surface area contributed by atoms with E-state index in [2.05, 4.69) is 18.7 Å². The summed E-state index contributed by atoms with van der Waals surface area (Å²) in [5, 5.41) is 0. The molecule has 0 atom stereocenters. The molecule has 0 bridgehead atoms. The van der Waals surface area contributed by atoms with Crippen LogP contribution < -0.4 is 4.90 Å². The van der Waals surface area contributed by atoms with E-state index in [9.17, 15) is 9.18 Å². The molecule has 0 aliphatic heterocycles. The van der Waals surface area contributed by atoms with E-state index >= 15 is 0 Å². The van der Waals surface area contributed by atoms with Crippen LogP contribution in [-0.2, 0) is 0 Å². The van der Waals surface area contributed by atoms with Crippen LogP contribution in [0.3, 0.4) is 0 Å². The molecule has 0 aliphatic carbocycles. The molecule has 2 nitrogen and oxygen atoms in total. The normalized spacial score (nSPS) is 10.4. The van der Waals surface area contributed by atoms with Gasteiger partial charge in [-0.2, -0.15) is 0 Å². The van der Waals surface area contributed by atoms with Gasteiger partial charge in [0.1, 0.15) is 12.1 Å². The van der Waals surface area contributed by atoms with Crippen LogP contribution in [0.15, 0.2) is 18.2 Å². The lowest BCUT2D eigenvalue weighted by Crippen LogP contribution is -2.25. The first-order valence-corrected chi connectivity index (χ1v) is 6.72. The Kier molecular flexibility index (Phi) is 6.40. The van der Waals surface area contributed by atoms with Crippen LogP contribution in [-0.4, -0.2) is 19.4 Å². The number of hydrogen-bond donors (Lipinski definition) is 0. The fraction of sp³-hybridized carbons (Fsp3) is 0.533. The van der Waals surface area contributed by atoms with Gasteiger partial charge in [0.25, 0.3) is 0 Å². The third-order valence-electron chi connectivity index (χ3n) is 2.97. The molecule has 0 amide bonds. The largest absolute Gasteiger partial charge is 0.371 e. The molecule has 1 rings (SSSR count). The predicted molar refractivity (Wildman–Crippen MR) is 73.8 cm³/mol. The van der Waals surface area contributed by atoms with Crippen LogP contribution in [0.1, 0.15) is 49.9 Å². The van der Waals surface area contributed by atoms with Crippen molar-refractivity contribution < 1.29 is 9.18 Å². The van der Waals surface area contributed by atoms with E-state index in [-0.39, 0.29) is 5.82 Å². The molecule has 3 heteroatoms. The van der Waals surface area contributed by atoms with Crippen molar-refractivity contribution in [3.05, 3.63) is 29.6 Å². The highest BCUT2D eigenvalue weighted by Gasteiger charge is 2.08. The van der Waals surface area contributed by atoms with Crippen molar-refractivity contribution >= 4 is 12.0 Å². The van der Waals surface area contributed by atoms with E-state index in [1.54, 1.807) is 6.07 Å². The maximum absolute atomic E-state index is 13.4. The van der Waals surface area contributed by atoms with Crippen LogP contribution in [0, 0.1) is 5.82 Å². The van der Waals surface area contributed by atoms with E-state index in [1.165, 1.54) is 12.1 Å². The summed E-state index contributed by atoms with van der Waals surface area (Å²) in [4.78, 5) is 12.9. The summed E-state index contributed by atoms with van der Waals surface area (Å²) in [6, 6.07) is 4.55. The van der Waals surface area contributed by atoms with Crippen molar-refractivity contribution in [3.8, 4) is 0 Å². The minimum Gasteiger partial charge on any atom is -0.371 e. The van der Waals surface area contributed by atoms with E-state index in [1.807, 2.05) is 0 Å². The zero-order chi connectivity index (χ0) is 13.4. The summed E-state index contributed by atoms with van der Waals surface area (Å²) in [7, 11) is 0. The van der Waals surface area contributed by atoms with Gasteiger partial charge in [-0.1, -0.05) is 26.7 Å². The summed E-state index contributed by atoms with van der Waals surface area (Å²) in [5.41, 5.74) is 1.22. The van der Waals surface area contributed by atoms with Gasteiger partial charge in [0.2, 0.25) is 0 Å². The third-order valence-corrected chi connectivity index (χ3v) is 2.97. The average molecular weight is 251 g/mol. The number of halogens is 1. The number of hydrogen-bond acceptors (Lipinski definition) is 2. The molecule has 0 fully saturated rings. The topological polar surface area (TPSA) is 20.3 Å². The van der Waals surface area contributed by atoms with E-state index in [0.29, 0.717) is 11.8 Å². The Bertz CT molecular complexity index is 371. The van der Waals surface area contributed by atoms with Gasteiger partial charge in [0, 0.05) is 24.3 Å². The molecule has 0 saturated heterocycles.